The summed E-state index contributed by atoms with van der Waals surface area (Å²) in [5.74, 6) is 0. The molecule has 1 aliphatic heterocycles. The maximum Gasteiger partial charge on any atom is 0.257 e. The van der Waals surface area contributed by atoms with Crippen LogP contribution in [0.2, 0.25) is 0 Å². The van der Waals surface area contributed by atoms with Crippen molar-refractivity contribution in [2.24, 2.45) is 0 Å². The van der Waals surface area contributed by atoms with Gasteiger partial charge in [-0.25, -0.2) is 4.21 Å². The van der Waals surface area contributed by atoms with Crippen LogP contribution in [0.25, 0.3) is 0 Å². The largest absolute Gasteiger partial charge is 0.484 e. The van der Waals surface area contributed by atoms with Crippen LogP contribution in [0.1, 0.15) is 13.8 Å². The molecule has 0 saturated carbocycles. The topological polar surface area (TPSA) is 43.4 Å². The molecule has 0 bridgehead atoms. The molecular formula is C6H8O3S. The Morgan fingerprint density at radius 2 is 2.20 bits per heavy atom. The average Bonchev–Trinajstić information content (AvgIpc) is 1.98. The monoisotopic (exact) mass is 160 g/mol. The quantitative estimate of drug-likeness (QED) is 0.592. The van der Waals surface area contributed by atoms with Crippen molar-refractivity contribution in [1.29, 1.82) is 0 Å². The Labute approximate surface area is 61.5 Å². The predicted molar refractivity (Wildman–Crippen MR) is 37.5 cm³/mol. The Hall–Kier alpha value is -0.640. The predicted octanol–water partition coefficient (Wildman–Crippen LogP) is 0.543. The summed E-state index contributed by atoms with van der Waals surface area (Å²) in [6.45, 7) is 3.88. The second kappa shape index (κ2) is 2.54. The fourth-order valence-electron chi connectivity index (χ4n) is 0.692. The van der Waals surface area contributed by atoms with Gasteiger partial charge < -0.3 is 4.74 Å². The molecule has 1 atom stereocenters. The van der Waals surface area contributed by atoms with Gasteiger partial charge in [-0.3, -0.25) is 4.79 Å². The summed E-state index contributed by atoms with van der Waals surface area (Å²) in [6.07, 6.45) is 0. The van der Waals surface area contributed by atoms with Crippen LogP contribution in [-0.4, -0.2) is 15.9 Å². The maximum atomic E-state index is 10.7. The number of carbonyl (C=O) groups is 1. The highest BCUT2D eigenvalue weighted by Gasteiger charge is 2.34. The van der Waals surface area contributed by atoms with Crippen LogP contribution in [0.15, 0.2) is 10.7 Å². The average molecular weight is 160 g/mol. The summed E-state index contributed by atoms with van der Waals surface area (Å²) in [7, 11) is -1.49. The molecule has 0 aliphatic carbocycles. The van der Waals surface area contributed by atoms with Crippen LogP contribution >= 0.6 is 0 Å². The normalized spacial score (nSPS) is 24.6. The zero-order chi connectivity index (χ0) is 7.72. The highest BCUT2D eigenvalue weighted by Crippen LogP contribution is 2.24. The summed E-state index contributed by atoms with van der Waals surface area (Å²) >= 11 is 0. The molecule has 0 saturated heterocycles. The molecule has 56 valence electrons. The smallest absolute Gasteiger partial charge is 0.257 e. The third kappa shape index (κ3) is 0.883. The van der Waals surface area contributed by atoms with Gasteiger partial charge in [0.25, 0.3) is 5.12 Å². The molecule has 1 heterocycles. The van der Waals surface area contributed by atoms with Crippen LogP contribution < -0.4 is 0 Å². The number of ether oxygens (including phenoxy) is 1. The van der Waals surface area contributed by atoms with Crippen LogP contribution in [0, 0.1) is 0 Å². The van der Waals surface area contributed by atoms with Gasteiger partial charge in [-0.15, -0.1) is 0 Å². The molecule has 0 fully saturated rings. The Morgan fingerprint density at radius 1 is 1.60 bits per heavy atom. The number of hydrogen-bond acceptors (Lipinski definition) is 3. The minimum atomic E-state index is -1.49. The molecule has 4 heteroatoms. The van der Waals surface area contributed by atoms with Crippen molar-refractivity contribution in [3.63, 3.8) is 0 Å². The number of rotatable bonds is 2. The first-order valence-corrected chi connectivity index (χ1v) is 4.13. The second-order valence-corrected chi connectivity index (χ2v) is 3.18. The van der Waals surface area contributed by atoms with E-state index in [1.807, 2.05) is 0 Å². The van der Waals surface area contributed by atoms with Gasteiger partial charge in [-0.1, -0.05) is 0 Å². The lowest BCUT2D eigenvalue weighted by molar-refractivity contribution is -0.109. The third-order valence-electron chi connectivity index (χ3n) is 1.22. The van der Waals surface area contributed by atoms with Crippen molar-refractivity contribution in [2.45, 2.75) is 13.8 Å². The summed E-state index contributed by atoms with van der Waals surface area (Å²) in [5.41, 5.74) is 0.500. The minimum Gasteiger partial charge on any atom is -0.484 e. The lowest BCUT2D eigenvalue weighted by Gasteiger charge is -2.17. The molecule has 0 N–H and O–H groups in total. The van der Waals surface area contributed by atoms with Crippen molar-refractivity contribution < 1.29 is 13.7 Å². The van der Waals surface area contributed by atoms with Crippen molar-refractivity contribution >= 4 is 15.9 Å². The molecule has 3 nitrogen and oxygen atoms in total. The molecule has 0 radical (unpaired) electrons. The Morgan fingerprint density at radius 3 is 2.60 bits per heavy atom. The van der Waals surface area contributed by atoms with Gasteiger partial charge in [0.05, 0.1) is 12.2 Å². The lowest BCUT2D eigenvalue weighted by atomic mass is 10.4. The van der Waals surface area contributed by atoms with E-state index < -0.39 is 10.8 Å². The molecule has 1 unspecified atom stereocenters. The van der Waals surface area contributed by atoms with E-state index in [0.717, 1.165) is 0 Å². The van der Waals surface area contributed by atoms with Crippen LogP contribution in [0.3, 0.4) is 0 Å². The number of carbonyl (C=O) groups excluding carboxylic acids is 1. The Balaban J connectivity index is 2.78. The van der Waals surface area contributed by atoms with Crippen molar-refractivity contribution in [1.82, 2.24) is 0 Å². The molecule has 0 aromatic heterocycles. The van der Waals surface area contributed by atoms with Gasteiger partial charge in [0.2, 0.25) is 0 Å². The van der Waals surface area contributed by atoms with Gasteiger partial charge in [-0.05, 0) is 13.8 Å². The van der Waals surface area contributed by atoms with E-state index in [0.29, 0.717) is 17.3 Å². The van der Waals surface area contributed by atoms with E-state index in [1.165, 1.54) is 0 Å². The molecular weight excluding hydrogens is 152 g/mol. The SMILES string of the molecule is CCOC1=C(C)C(=O)S1=O. The van der Waals surface area contributed by atoms with Gasteiger partial charge in [0, 0.05) is 0 Å². The molecule has 0 spiro atoms. The summed E-state index contributed by atoms with van der Waals surface area (Å²) in [6, 6.07) is 0. The van der Waals surface area contributed by atoms with Crippen molar-refractivity contribution in [3.8, 4) is 0 Å². The van der Waals surface area contributed by atoms with Crippen molar-refractivity contribution in [3.05, 3.63) is 10.7 Å². The fraction of sp³-hybridized carbons (Fsp3) is 0.500. The van der Waals surface area contributed by atoms with Gasteiger partial charge in [0.1, 0.15) is 0 Å². The molecule has 1 rings (SSSR count). The fourth-order valence-corrected chi connectivity index (χ4v) is 1.67. The zero-order valence-electron chi connectivity index (χ0n) is 5.84. The minimum absolute atomic E-state index is 0.302. The van der Waals surface area contributed by atoms with Crippen molar-refractivity contribution in [2.75, 3.05) is 6.61 Å². The van der Waals surface area contributed by atoms with E-state index in [9.17, 15) is 9.00 Å². The standard InChI is InChI=1S/C6H8O3S/c1-3-9-6-4(2)5(7)10(6)8/h3H2,1-2H3. The Kier molecular flexibility index (Phi) is 1.89. The lowest BCUT2D eigenvalue weighted by Crippen LogP contribution is -2.25. The molecule has 10 heavy (non-hydrogen) atoms. The zero-order valence-corrected chi connectivity index (χ0v) is 6.66. The van der Waals surface area contributed by atoms with E-state index in [1.54, 1.807) is 13.8 Å². The van der Waals surface area contributed by atoms with Gasteiger partial charge in [-0.2, -0.15) is 0 Å². The van der Waals surface area contributed by atoms with Crippen LogP contribution in [0.5, 0.6) is 0 Å². The van der Waals surface area contributed by atoms with E-state index in [4.69, 9.17) is 4.74 Å². The molecule has 0 amide bonds. The highest BCUT2D eigenvalue weighted by atomic mass is 32.2. The first-order valence-electron chi connectivity index (χ1n) is 2.98. The molecule has 0 aromatic carbocycles. The first kappa shape index (κ1) is 7.47. The van der Waals surface area contributed by atoms with Crippen LogP contribution in [0.4, 0.5) is 0 Å². The third-order valence-corrected chi connectivity index (χ3v) is 2.63. The summed E-state index contributed by atoms with van der Waals surface area (Å²) < 4.78 is 15.7. The first-order chi connectivity index (χ1) is 4.68. The highest BCUT2D eigenvalue weighted by molar-refractivity contribution is 8.06. The Bertz CT molecular complexity index is 229. The van der Waals surface area contributed by atoms with E-state index in [2.05, 4.69) is 0 Å². The molecule has 0 aromatic rings. The second-order valence-electron chi connectivity index (χ2n) is 1.90. The molecule has 1 aliphatic rings. The van der Waals surface area contributed by atoms with Gasteiger partial charge >= 0.3 is 0 Å². The summed E-state index contributed by atoms with van der Waals surface area (Å²) in [5, 5.41) is 0.0518. The van der Waals surface area contributed by atoms with E-state index >= 15 is 0 Å². The number of hydrogen-bond donors (Lipinski definition) is 0. The maximum absolute atomic E-state index is 10.7. The van der Waals surface area contributed by atoms with Gasteiger partial charge in [0.15, 0.2) is 15.9 Å². The van der Waals surface area contributed by atoms with Crippen LogP contribution in [-0.2, 0) is 20.3 Å². The van der Waals surface area contributed by atoms with E-state index in [-0.39, 0.29) is 5.12 Å². The summed E-state index contributed by atoms with van der Waals surface area (Å²) in [4.78, 5) is 10.6.